The van der Waals surface area contributed by atoms with E-state index in [2.05, 4.69) is 0 Å². The van der Waals surface area contributed by atoms with E-state index in [4.69, 9.17) is 14.2 Å². The SMILES string of the molecule is CCOc1ccc(C2(C(=O)OCc3cccc(Oc4ccc(C)cc4)c3)CC(F)(F)C2(F)F)cc1. The van der Waals surface area contributed by atoms with Crippen LogP contribution in [0.3, 0.4) is 0 Å². The highest BCUT2D eigenvalue weighted by molar-refractivity contribution is 5.87. The van der Waals surface area contributed by atoms with E-state index in [1.165, 1.54) is 24.3 Å². The molecule has 0 radical (unpaired) electrons. The van der Waals surface area contributed by atoms with Crippen LogP contribution < -0.4 is 9.47 Å². The Hall–Kier alpha value is -3.55. The predicted octanol–water partition coefficient (Wildman–Crippen LogP) is 6.84. The highest BCUT2D eigenvalue weighted by Gasteiger charge is 2.84. The smallest absolute Gasteiger partial charge is 0.330 e. The monoisotopic (exact) mass is 488 g/mol. The molecule has 184 valence electrons. The molecule has 1 fully saturated rings. The van der Waals surface area contributed by atoms with Gasteiger partial charge in [-0.25, -0.2) is 0 Å². The Labute approximate surface area is 200 Å². The van der Waals surface area contributed by atoms with Gasteiger partial charge in [-0.05, 0) is 61.4 Å². The second-order valence-electron chi connectivity index (χ2n) is 8.46. The van der Waals surface area contributed by atoms with Crippen LogP contribution in [0.15, 0.2) is 72.8 Å². The first-order chi connectivity index (χ1) is 16.6. The van der Waals surface area contributed by atoms with E-state index >= 15 is 0 Å². The molecule has 0 aromatic heterocycles. The molecule has 0 bridgehead atoms. The minimum atomic E-state index is -4.61. The first-order valence-corrected chi connectivity index (χ1v) is 11.1. The van der Waals surface area contributed by atoms with Gasteiger partial charge < -0.3 is 14.2 Å². The normalized spacial score (nSPS) is 19.9. The van der Waals surface area contributed by atoms with Crippen LogP contribution in [-0.2, 0) is 21.6 Å². The van der Waals surface area contributed by atoms with Crippen molar-refractivity contribution >= 4 is 5.97 Å². The lowest BCUT2D eigenvalue weighted by molar-refractivity contribution is -0.323. The van der Waals surface area contributed by atoms with Gasteiger partial charge in [0.25, 0.3) is 0 Å². The number of carbonyl (C=O) groups excluding carboxylic acids is 1. The third kappa shape index (κ3) is 4.45. The molecular weight excluding hydrogens is 464 g/mol. The molecule has 0 N–H and O–H groups in total. The molecule has 3 aromatic carbocycles. The lowest BCUT2D eigenvalue weighted by Crippen LogP contribution is -2.72. The molecule has 1 aliphatic carbocycles. The zero-order chi connectivity index (χ0) is 25.3. The molecule has 8 heteroatoms. The number of benzene rings is 3. The Bertz CT molecular complexity index is 1190. The zero-order valence-corrected chi connectivity index (χ0v) is 19.2. The van der Waals surface area contributed by atoms with E-state index < -0.39 is 29.7 Å². The summed E-state index contributed by atoms with van der Waals surface area (Å²) < 4.78 is 73.6. The average molecular weight is 488 g/mol. The maximum atomic E-state index is 14.8. The van der Waals surface area contributed by atoms with Crippen molar-refractivity contribution in [3.8, 4) is 17.2 Å². The lowest BCUT2D eigenvalue weighted by atomic mass is 9.58. The molecule has 3 aromatic rings. The summed E-state index contributed by atoms with van der Waals surface area (Å²) in [5, 5.41) is 0. The molecule has 4 nitrogen and oxygen atoms in total. The van der Waals surface area contributed by atoms with Crippen molar-refractivity contribution in [3.63, 3.8) is 0 Å². The molecule has 1 unspecified atom stereocenters. The Kier molecular flexibility index (Phi) is 6.49. The van der Waals surface area contributed by atoms with Gasteiger partial charge in [0.05, 0.1) is 6.61 Å². The number of halogens is 4. The van der Waals surface area contributed by atoms with Crippen LogP contribution in [-0.4, -0.2) is 24.4 Å². The number of rotatable bonds is 8. The quantitative estimate of drug-likeness (QED) is 0.257. The summed E-state index contributed by atoms with van der Waals surface area (Å²) in [5.41, 5.74) is -1.52. The molecular formula is C27H24F4O4. The summed E-state index contributed by atoms with van der Waals surface area (Å²) >= 11 is 0. The lowest BCUT2D eigenvalue weighted by Gasteiger charge is -2.51. The molecule has 35 heavy (non-hydrogen) atoms. The third-order valence-electron chi connectivity index (χ3n) is 6.01. The van der Waals surface area contributed by atoms with Crippen molar-refractivity contribution < 1.29 is 36.6 Å². The number of hydrogen-bond acceptors (Lipinski definition) is 4. The summed E-state index contributed by atoms with van der Waals surface area (Å²) in [6.45, 7) is 3.65. The summed E-state index contributed by atoms with van der Waals surface area (Å²) in [4.78, 5) is 12.9. The summed E-state index contributed by atoms with van der Waals surface area (Å²) in [5.74, 6) is -8.94. The first kappa shape index (κ1) is 24.6. The van der Waals surface area contributed by atoms with Gasteiger partial charge in [-0.1, -0.05) is 42.0 Å². The van der Waals surface area contributed by atoms with Gasteiger partial charge in [0.2, 0.25) is 0 Å². The number of esters is 1. The van der Waals surface area contributed by atoms with Gasteiger partial charge in [0.1, 0.15) is 23.9 Å². The van der Waals surface area contributed by atoms with Crippen molar-refractivity contribution in [1.29, 1.82) is 0 Å². The molecule has 0 spiro atoms. The Morgan fingerprint density at radius 3 is 2.14 bits per heavy atom. The van der Waals surface area contributed by atoms with Gasteiger partial charge in [0, 0.05) is 6.42 Å². The minimum Gasteiger partial charge on any atom is -0.494 e. The van der Waals surface area contributed by atoms with Crippen LogP contribution in [0.1, 0.15) is 30.0 Å². The van der Waals surface area contributed by atoms with E-state index in [-0.39, 0.29) is 12.2 Å². The maximum absolute atomic E-state index is 14.8. The molecule has 1 saturated carbocycles. The standard InChI is InChI=1S/C27H24F4O4/c1-3-33-21-13-9-20(10-14-21)25(17-26(28,29)27(25,30)31)24(32)34-16-19-5-4-6-23(15-19)35-22-11-7-18(2)8-12-22/h4-15H,3,16-17H2,1-2H3. The summed E-state index contributed by atoms with van der Waals surface area (Å²) in [6, 6.07) is 19.0. The van der Waals surface area contributed by atoms with E-state index in [9.17, 15) is 22.4 Å². The second-order valence-corrected chi connectivity index (χ2v) is 8.46. The molecule has 0 amide bonds. The fourth-order valence-electron chi connectivity index (χ4n) is 4.08. The maximum Gasteiger partial charge on any atom is 0.330 e. The van der Waals surface area contributed by atoms with Crippen LogP contribution >= 0.6 is 0 Å². The molecule has 1 atom stereocenters. The van der Waals surface area contributed by atoms with Gasteiger partial charge in [-0.2, -0.15) is 17.6 Å². The number of ether oxygens (including phenoxy) is 3. The molecule has 4 rings (SSSR count). The Balaban J connectivity index is 1.53. The van der Waals surface area contributed by atoms with Gasteiger partial charge in [-0.3, -0.25) is 4.79 Å². The van der Waals surface area contributed by atoms with Crippen molar-refractivity contribution in [2.75, 3.05) is 6.61 Å². The Morgan fingerprint density at radius 1 is 0.886 bits per heavy atom. The fourth-order valence-corrected chi connectivity index (χ4v) is 4.08. The van der Waals surface area contributed by atoms with E-state index in [0.717, 1.165) is 5.56 Å². The number of carbonyl (C=O) groups is 1. The zero-order valence-electron chi connectivity index (χ0n) is 19.2. The van der Waals surface area contributed by atoms with Crippen LogP contribution in [0.4, 0.5) is 17.6 Å². The molecule has 0 saturated heterocycles. The fraction of sp³-hybridized carbons (Fsp3) is 0.296. The molecule has 0 aliphatic heterocycles. The summed E-state index contributed by atoms with van der Waals surface area (Å²) in [6.07, 6.45) is -1.35. The van der Waals surface area contributed by atoms with Crippen LogP contribution in [0, 0.1) is 6.92 Å². The minimum absolute atomic E-state index is 0.252. The van der Waals surface area contributed by atoms with Crippen LogP contribution in [0.5, 0.6) is 17.2 Å². The number of alkyl halides is 4. The number of hydrogen-bond donors (Lipinski definition) is 0. The predicted molar refractivity (Wildman–Crippen MR) is 121 cm³/mol. The van der Waals surface area contributed by atoms with Crippen molar-refractivity contribution in [3.05, 3.63) is 89.5 Å². The van der Waals surface area contributed by atoms with Crippen LogP contribution in [0.2, 0.25) is 0 Å². The highest BCUT2D eigenvalue weighted by Crippen LogP contribution is 2.64. The van der Waals surface area contributed by atoms with Crippen molar-refractivity contribution in [2.24, 2.45) is 0 Å². The number of aryl methyl sites for hydroxylation is 1. The third-order valence-corrected chi connectivity index (χ3v) is 6.01. The van der Waals surface area contributed by atoms with Crippen molar-refractivity contribution in [1.82, 2.24) is 0 Å². The Morgan fingerprint density at radius 2 is 1.54 bits per heavy atom. The first-order valence-electron chi connectivity index (χ1n) is 11.1. The topological polar surface area (TPSA) is 44.8 Å². The second kappa shape index (κ2) is 9.24. The van der Waals surface area contributed by atoms with Crippen molar-refractivity contribution in [2.45, 2.75) is 44.1 Å². The van der Waals surface area contributed by atoms with Crippen LogP contribution in [0.25, 0.3) is 0 Å². The van der Waals surface area contributed by atoms with E-state index in [1.54, 1.807) is 43.3 Å². The van der Waals surface area contributed by atoms with E-state index in [0.29, 0.717) is 29.4 Å². The molecule has 0 heterocycles. The largest absolute Gasteiger partial charge is 0.494 e. The summed E-state index contributed by atoms with van der Waals surface area (Å²) in [7, 11) is 0. The van der Waals surface area contributed by atoms with Gasteiger partial charge in [-0.15, -0.1) is 0 Å². The molecule has 1 aliphatic rings. The van der Waals surface area contributed by atoms with Gasteiger partial charge in [0.15, 0.2) is 5.41 Å². The average Bonchev–Trinajstić information content (AvgIpc) is 2.83. The van der Waals surface area contributed by atoms with Gasteiger partial charge >= 0.3 is 17.8 Å². The van der Waals surface area contributed by atoms with E-state index in [1.807, 2.05) is 19.1 Å². The highest BCUT2D eigenvalue weighted by atomic mass is 19.3.